The summed E-state index contributed by atoms with van der Waals surface area (Å²) in [5.41, 5.74) is 1.45. The highest BCUT2D eigenvalue weighted by atomic mass is 35.5. The van der Waals surface area contributed by atoms with Crippen molar-refractivity contribution in [2.45, 2.75) is 63.2 Å². The third kappa shape index (κ3) is 7.80. The Morgan fingerprint density at radius 1 is 1.11 bits per heavy atom. The average Bonchev–Trinajstić information content (AvgIpc) is 3.31. The maximum atomic E-state index is 13.0. The summed E-state index contributed by atoms with van der Waals surface area (Å²) in [6, 6.07) is 6.56. The number of nitrogens with one attached hydrogen (secondary N) is 4. The van der Waals surface area contributed by atoms with Gasteiger partial charge in [-0.15, -0.1) is 12.4 Å². The van der Waals surface area contributed by atoms with Crippen LogP contribution in [0.1, 0.15) is 48.5 Å². The van der Waals surface area contributed by atoms with E-state index >= 15 is 0 Å². The highest BCUT2D eigenvalue weighted by Crippen LogP contribution is 2.24. The van der Waals surface area contributed by atoms with Crippen LogP contribution < -0.4 is 21.3 Å². The minimum absolute atomic E-state index is 0. The molecule has 1 aromatic heterocycles. The van der Waals surface area contributed by atoms with E-state index in [0.29, 0.717) is 18.2 Å². The van der Waals surface area contributed by atoms with Crippen molar-refractivity contribution < 1.29 is 19.1 Å². The van der Waals surface area contributed by atoms with Crippen LogP contribution in [0.25, 0.3) is 0 Å². The molecule has 206 valence electrons. The first-order valence-corrected chi connectivity index (χ1v) is 13.2. The van der Waals surface area contributed by atoms with E-state index in [1.807, 2.05) is 0 Å². The van der Waals surface area contributed by atoms with Gasteiger partial charge in [-0.3, -0.25) is 14.6 Å². The third-order valence-corrected chi connectivity index (χ3v) is 7.22. The van der Waals surface area contributed by atoms with Crippen molar-refractivity contribution in [3.63, 3.8) is 0 Å². The lowest BCUT2D eigenvalue weighted by atomic mass is 9.92. The van der Waals surface area contributed by atoms with Crippen LogP contribution in [0.15, 0.2) is 36.7 Å². The number of halogens is 3. The molecule has 0 radical (unpaired) electrons. The second-order valence-corrected chi connectivity index (χ2v) is 10.1. The first kappa shape index (κ1) is 30.1. The van der Waals surface area contributed by atoms with E-state index in [9.17, 15) is 14.4 Å². The number of hydrogen-bond donors (Lipinski definition) is 4. The van der Waals surface area contributed by atoms with Gasteiger partial charge >= 0.3 is 5.97 Å². The van der Waals surface area contributed by atoms with Gasteiger partial charge in [-0.2, -0.15) is 0 Å². The number of ether oxygens (including phenoxy) is 1. The SMILES string of the molecule is CCOC(=O)[C@H](Cc1ccc(NC(=O)c2c(Cl)cncc2Cl)cc1)NC(=O)C1C[C@@H](NC2CCC2)CN1.Cl. The zero-order valence-electron chi connectivity index (χ0n) is 21.0. The number of benzene rings is 1. The number of esters is 1. The Labute approximate surface area is 238 Å². The lowest BCUT2D eigenvalue weighted by molar-refractivity contribution is -0.147. The van der Waals surface area contributed by atoms with Crippen LogP contribution in [0, 0.1) is 0 Å². The minimum atomic E-state index is -0.831. The van der Waals surface area contributed by atoms with Gasteiger partial charge in [0.2, 0.25) is 5.91 Å². The molecule has 1 aromatic carbocycles. The summed E-state index contributed by atoms with van der Waals surface area (Å²) in [6.45, 7) is 2.66. The molecule has 0 bridgehead atoms. The predicted molar refractivity (Wildman–Crippen MR) is 149 cm³/mol. The van der Waals surface area contributed by atoms with Gasteiger partial charge in [0.1, 0.15) is 6.04 Å². The van der Waals surface area contributed by atoms with E-state index in [-0.39, 0.29) is 59.0 Å². The summed E-state index contributed by atoms with van der Waals surface area (Å²) in [4.78, 5) is 42.0. The van der Waals surface area contributed by atoms with Gasteiger partial charge in [0.05, 0.1) is 28.3 Å². The zero-order chi connectivity index (χ0) is 26.4. The topological polar surface area (TPSA) is 121 Å². The molecule has 3 atom stereocenters. The predicted octanol–water partition coefficient (Wildman–Crippen LogP) is 3.53. The van der Waals surface area contributed by atoms with Crippen LogP contribution in [-0.2, 0) is 20.7 Å². The van der Waals surface area contributed by atoms with Gasteiger partial charge in [-0.1, -0.05) is 41.8 Å². The summed E-state index contributed by atoms with van der Waals surface area (Å²) < 4.78 is 5.21. The molecule has 1 saturated heterocycles. The fourth-order valence-electron chi connectivity index (χ4n) is 4.46. The van der Waals surface area contributed by atoms with Crippen molar-refractivity contribution >= 4 is 59.1 Å². The van der Waals surface area contributed by atoms with E-state index in [1.54, 1.807) is 31.2 Å². The fourth-order valence-corrected chi connectivity index (χ4v) is 5.00. The highest BCUT2D eigenvalue weighted by molar-refractivity contribution is 6.40. The van der Waals surface area contributed by atoms with Crippen LogP contribution in [0.2, 0.25) is 10.0 Å². The van der Waals surface area contributed by atoms with E-state index in [0.717, 1.165) is 12.1 Å². The van der Waals surface area contributed by atoms with Crippen molar-refractivity contribution in [1.82, 2.24) is 20.9 Å². The maximum Gasteiger partial charge on any atom is 0.328 e. The first-order chi connectivity index (χ1) is 17.8. The van der Waals surface area contributed by atoms with Gasteiger partial charge in [0, 0.05) is 43.1 Å². The Hall–Kier alpha value is -2.43. The van der Waals surface area contributed by atoms with E-state index in [4.69, 9.17) is 27.9 Å². The van der Waals surface area contributed by atoms with Crippen LogP contribution in [0.3, 0.4) is 0 Å². The highest BCUT2D eigenvalue weighted by Gasteiger charge is 2.34. The van der Waals surface area contributed by atoms with Crippen molar-refractivity contribution in [1.29, 1.82) is 0 Å². The Kier molecular flexibility index (Phi) is 11.2. The quantitative estimate of drug-likeness (QED) is 0.315. The summed E-state index contributed by atoms with van der Waals surface area (Å²) >= 11 is 12.1. The molecule has 2 amide bonds. The maximum absolute atomic E-state index is 13.0. The molecular formula is C26H32Cl3N5O4. The Bertz CT molecular complexity index is 1110. The smallest absolute Gasteiger partial charge is 0.328 e. The molecule has 4 N–H and O–H groups in total. The summed E-state index contributed by atoms with van der Waals surface area (Å²) in [5, 5.41) is 12.8. The van der Waals surface area contributed by atoms with E-state index < -0.39 is 17.9 Å². The Morgan fingerprint density at radius 3 is 2.39 bits per heavy atom. The molecule has 2 aromatic rings. The molecule has 1 aliphatic heterocycles. The van der Waals surface area contributed by atoms with E-state index in [2.05, 4.69) is 26.3 Å². The number of carbonyl (C=O) groups is 3. The number of rotatable bonds is 10. The molecule has 2 heterocycles. The van der Waals surface area contributed by atoms with Gasteiger partial charge in [-0.25, -0.2) is 4.79 Å². The molecule has 1 saturated carbocycles. The molecule has 1 unspecified atom stereocenters. The molecule has 38 heavy (non-hydrogen) atoms. The largest absolute Gasteiger partial charge is 0.464 e. The number of amides is 2. The Balaban J connectivity index is 0.00000400. The molecule has 9 nitrogen and oxygen atoms in total. The standard InChI is InChI=1S/C26H31Cl2N5O4.ClH/c1-2-37-26(36)22(33-24(34)21-11-18(12-30-21)31-16-4-3-5-16)10-15-6-8-17(9-7-15)32-25(35)23-19(27)13-29-14-20(23)28;/h6-9,13-14,16,18,21-22,30-31H,2-5,10-12H2,1H3,(H,32,35)(H,33,34);1H/t18-,21?,22+;/m1./s1. The zero-order valence-corrected chi connectivity index (χ0v) is 23.3. The van der Waals surface area contributed by atoms with Crippen LogP contribution in [0.5, 0.6) is 0 Å². The van der Waals surface area contributed by atoms with Gasteiger partial charge in [0.25, 0.3) is 5.91 Å². The van der Waals surface area contributed by atoms with Crippen molar-refractivity contribution in [2.24, 2.45) is 0 Å². The molecule has 4 rings (SSSR count). The molecule has 1 aliphatic carbocycles. The first-order valence-electron chi connectivity index (χ1n) is 12.5. The van der Waals surface area contributed by atoms with E-state index in [1.165, 1.54) is 31.7 Å². The summed E-state index contributed by atoms with van der Waals surface area (Å²) in [5.74, 6) is -1.17. The number of aromatic nitrogens is 1. The van der Waals surface area contributed by atoms with Crippen molar-refractivity contribution in [3.05, 3.63) is 57.8 Å². The van der Waals surface area contributed by atoms with Crippen LogP contribution >= 0.6 is 35.6 Å². The summed E-state index contributed by atoms with van der Waals surface area (Å²) in [6.07, 6.45) is 7.25. The van der Waals surface area contributed by atoms with Gasteiger partial charge in [-0.05, 0) is 43.9 Å². The Morgan fingerprint density at radius 2 is 1.79 bits per heavy atom. The van der Waals surface area contributed by atoms with Crippen molar-refractivity contribution in [3.8, 4) is 0 Å². The molecule has 2 fully saturated rings. The van der Waals surface area contributed by atoms with Crippen LogP contribution in [0.4, 0.5) is 5.69 Å². The normalized spacial score (nSPS) is 19.6. The molecule has 0 spiro atoms. The monoisotopic (exact) mass is 583 g/mol. The molecular weight excluding hydrogens is 553 g/mol. The number of anilines is 1. The molecule has 2 aliphatic rings. The van der Waals surface area contributed by atoms with Crippen LogP contribution in [-0.4, -0.2) is 60.1 Å². The fraction of sp³-hybridized carbons (Fsp3) is 0.462. The summed E-state index contributed by atoms with van der Waals surface area (Å²) in [7, 11) is 0. The lowest BCUT2D eigenvalue weighted by Gasteiger charge is -2.29. The minimum Gasteiger partial charge on any atom is -0.464 e. The number of carbonyl (C=O) groups excluding carboxylic acids is 3. The van der Waals surface area contributed by atoms with Gasteiger partial charge < -0.3 is 26.0 Å². The number of pyridine rings is 1. The average molecular weight is 585 g/mol. The lowest BCUT2D eigenvalue weighted by Crippen LogP contribution is -2.49. The number of hydrogen-bond acceptors (Lipinski definition) is 7. The second kappa shape index (κ2) is 14.1. The third-order valence-electron chi connectivity index (χ3n) is 6.64. The molecule has 12 heteroatoms. The second-order valence-electron chi connectivity index (χ2n) is 9.33. The van der Waals surface area contributed by atoms with Crippen molar-refractivity contribution in [2.75, 3.05) is 18.5 Å². The number of nitrogens with zero attached hydrogens (tertiary/aromatic N) is 1. The van der Waals surface area contributed by atoms with Gasteiger partial charge in [0.15, 0.2) is 0 Å².